The van der Waals surface area contributed by atoms with Gasteiger partial charge in [0.2, 0.25) is 5.91 Å². The van der Waals surface area contributed by atoms with Crippen LogP contribution in [0.25, 0.3) is 10.8 Å². The molecule has 0 unspecified atom stereocenters. The fraction of sp³-hybridized carbons (Fsp3) is 0.375. The number of likely N-dealkylation sites (N-methyl/N-ethyl adjacent to an activating group) is 1. The van der Waals surface area contributed by atoms with Gasteiger partial charge in [-0.05, 0) is 43.0 Å². The Labute approximate surface area is 119 Å². The maximum Gasteiger partial charge on any atom is 0.241 e. The first-order chi connectivity index (χ1) is 9.60. The number of nitrogens with one attached hydrogen (secondary N) is 2. The Morgan fingerprint density at radius 2 is 2.05 bits per heavy atom. The van der Waals surface area contributed by atoms with E-state index in [-0.39, 0.29) is 11.9 Å². The molecule has 1 heterocycles. The van der Waals surface area contributed by atoms with E-state index in [0.29, 0.717) is 5.92 Å². The number of aromatic nitrogens is 1. The summed E-state index contributed by atoms with van der Waals surface area (Å²) in [6.07, 6.45) is 4.38. The average molecular weight is 271 g/mol. The quantitative estimate of drug-likeness (QED) is 0.879. The van der Waals surface area contributed by atoms with E-state index in [0.717, 1.165) is 22.9 Å². The number of benzene rings is 1. The Kier molecular flexibility index (Phi) is 4.69. The fourth-order valence-corrected chi connectivity index (χ4v) is 2.22. The fourth-order valence-electron chi connectivity index (χ4n) is 2.22. The number of fused-ring (bicyclic) bond motifs is 1. The molecule has 2 aromatic rings. The molecule has 2 N–H and O–H groups in total. The van der Waals surface area contributed by atoms with Crippen LogP contribution in [0.4, 0.5) is 5.69 Å². The van der Waals surface area contributed by atoms with Crippen molar-refractivity contribution in [3.63, 3.8) is 0 Å². The topological polar surface area (TPSA) is 54.0 Å². The molecule has 0 saturated carbocycles. The van der Waals surface area contributed by atoms with Gasteiger partial charge in [-0.2, -0.15) is 0 Å². The van der Waals surface area contributed by atoms with Crippen LogP contribution in [0.2, 0.25) is 0 Å². The molecule has 4 heteroatoms. The van der Waals surface area contributed by atoms with Gasteiger partial charge in [0, 0.05) is 23.5 Å². The highest BCUT2D eigenvalue weighted by atomic mass is 16.2. The van der Waals surface area contributed by atoms with Crippen molar-refractivity contribution in [2.75, 3.05) is 12.4 Å². The van der Waals surface area contributed by atoms with Gasteiger partial charge in [-0.15, -0.1) is 0 Å². The van der Waals surface area contributed by atoms with Crippen molar-refractivity contribution in [2.24, 2.45) is 5.92 Å². The molecule has 0 saturated heterocycles. The zero-order valence-electron chi connectivity index (χ0n) is 12.2. The Morgan fingerprint density at radius 3 is 2.75 bits per heavy atom. The van der Waals surface area contributed by atoms with Crippen molar-refractivity contribution in [1.82, 2.24) is 10.3 Å². The maximum absolute atomic E-state index is 12.2. The van der Waals surface area contributed by atoms with Crippen molar-refractivity contribution in [2.45, 2.75) is 26.3 Å². The van der Waals surface area contributed by atoms with E-state index in [4.69, 9.17) is 0 Å². The van der Waals surface area contributed by atoms with Gasteiger partial charge in [0.05, 0.1) is 6.04 Å². The van der Waals surface area contributed by atoms with Crippen LogP contribution in [0, 0.1) is 5.92 Å². The second-order valence-electron chi connectivity index (χ2n) is 5.40. The number of rotatable bonds is 5. The van der Waals surface area contributed by atoms with Gasteiger partial charge in [-0.1, -0.05) is 19.9 Å². The number of carbonyl (C=O) groups excluding carboxylic acids is 1. The van der Waals surface area contributed by atoms with E-state index >= 15 is 0 Å². The van der Waals surface area contributed by atoms with Crippen LogP contribution >= 0.6 is 0 Å². The van der Waals surface area contributed by atoms with Gasteiger partial charge in [0.25, 0.3) is 0 Å². The van der Waals surface area contributed by atoms with Gasteiger partial charge in [-0.3, -0.25) is 9.78 Å². The maximum atomic E-state index is 12.2. The molecule has 0 radical (unpaired) electrons. The lowest BCUT2D eigenvalue weighted by atomic mass is 10.0. The van der Waals surface area contributed by atoms with Crippen molar-refractivity contribution in [1.29, 1.82) is 0 Å². The van der Waals surface area contributed by atoms with E-state index in [2.05, 4.69) is 29.5 Å². The van der Waals surface area contributed by atoms with Gasteiger partial charge >= 0.3 is 0 Å². The molecule has 1 atom stereocenters. The average Bonchev–Trinajstić information content (AvgIpc) is 2.44. The molecular formula is C16H21N3O. The van der Waals surface area contributed by atoms with Crippen molar-refractivity contribution in [3.8, 4) is 0 Å². The minimum atomic E-state index is -0.167. The highest BCUT2D eigenvalue weighted by Crippen LogP contribution is 2.18. The molecule has 0 aliphatic carbocycles. The number of anilines is 1. The van der Waals surface area contributed by atoms with E-state index in [9.17, 15) is 4.79 Å². The van der Waals surface area contributed by atoms with Crippen LogP contribution in [0.15, 0.2) is 36.7 Å². The molecule has 4 nitrogen and oxygen atoms in total. The number of nitrogens with zero attached hydrogens (tertiary/aromatic N) is 1. The summed E-state index contributed by atoms with van der Waals surface area (Å²) in [5, 5.41) is 8.17. The van der Waals surface area contributed by atoms with Crippen molar-refractivity contribution in [3.05, 3.63) is 36.7 Å². The summed E-state index contributed by atoms with van der Waals surface area (Å²) in [5.41, 5.74) is 0.805. The molecule has 0 aliphatic rings. The number of hydrogen-bond donors (Lipinski definition) is 2. The molecule has 1 aromatic carbocycles. The Hall–Kier alpha value is -1.94. The molecule has 0 spiro atoms. The molecule has 1 amide bonds. The summed E-state index contributed by atoms with van der Waals surface area (Å²) in [5.74, 6) is 0.475. The number of pyridine rings is 1. The number of hydrogen-bond acceptors (Lipinski definition) is 3. The molecule has 20 heavy (non-hydrogen) atoms. The highest BCUT2D eigenvalue weighted by Gasteiger charge is 2.17. The van der Waals surface area contributed by atoms with Crippen LogP contribution in [-0.2, 0) is 4.79 Å². The molecule has 0 aliphatic heterocycles. The first-order valence-corrected chi connectivity index (χ1v) is 6.92. The molecular weight excluding hydrogens is 250 g/mol. The first kappa shape index (κ1) is 14.5. The number of carbonyl (C=O) groups is 1. The highest BCUT2D eigenvalue weighted by molar-refractivity contribution is 5.97. The van der Waals surface area contributed by atoms with Crippen LogP contribution in [-0.4, -0.2) is 24.0 Å². The summed E-state index contributed by atoms with van der Waals surface area (Å²) >= 11 is 0. The monoisotopic (exact) mass is 271 g/mol. The third-order valence-corrected chi connectivity index (χ3v) is 3.28. The zero-order valence-corrected chi connectivity index (χ0v) is 12.2. The lowest BCUT2D eigenvalue weighted by Crippen LogP contribution is -2.39. The molecule has 0 bridgehead atoms. The lowest BCUT2D eigenvalue weighted by Gasteiger charge is -2.18. The summed E-state index contributed by atoms with van der Waals surface area (Å²) < 4.78 is 0. The van der Waals surface area contributed by atoms with Crippen LogP contribution in [0.5, 0.6) is 0 Å². The van der Waals surface area contributed by atoms with Crippen molar-refractivity contribution >= 4 is 22.4 Å². The van der Waals surface area contributed by atoms with E-state index < -0.39 is 0 Å². The predicted molar refractivity (Wildman–Crippen MR) is 82.7 cm³/mol. The molecule has 1 aromatic heterocycles. The minimum absolute atomic E-state index is 0.00411. The SMILES string of the molecule is CN[C@@H](CC(C)C)C(=O)Nc1ccc2ccncc2c1. The summed E-state index contributed by atoms with van der Waals surface area (Å²) in [7, 11) is 1.82. The van der Waals surface area contributed by atoms with Gasteiger partial charge < -0.3 is 10.6 Å². The lowest BCUT2D eigenvalue weighted by molar-refractivity contribution is -0.118. The number of amides is 1. The van der Waals surface area contributed by atoms with Gasteiger partial charge in [-0.25, -0.2) is 0 Å². The van der Waals surface area contributed by atoms with E-state index in [1.807, 2.05) is 31.3 Å². The standard InChI is InChI=1S/C16H21N3O/c1-11(2)8-15(17-3)16(20)19-14-5-4-12-6-7-18-10-13(12)9-14/h4-7,9-11,15,17H,8H2,1-3H3,(H,19,20)/t15-/m0/s1. The first-order valence-electron chi connectivity index (χ1n) is 6.92. The Bertz CT molecular complexity index is 595. The zero-order chi connectivity index (χ0) is 14.5. The van der Waals surface area contributed by atoms with Gasteiger partial charge in [0.1, 0.15) is 0 Å². The summed E-state index contributed by atoms with van der Waals surface area (Å²) in [6, 6.07) is 7.64. The van der Waals surface area contributed by atoms with Crippen LogP contribution in [0.3, 0.4) is 0 Å². The minimum Gasteiger partial charge on any atom is -0.325 e. The van der Waals surface area contributed by atoms with Crippen LogP contribution in [0.1, 0.15) is 20.3 Å². The molecule has 2 rings (SSSR count). The molecule has 106 valence electrons. The molecule has 0 fully saturated rings. The summed E-state index contributed by atoms with van der Waals surface area (Å²) in [6.45, 7) is 4.22. The third-order valence-electron chi connectivity index (χ3n) is 3.28. The Morgan fingerprint density at radius 1 is 1.25 bits per heavy atom. The summed E-state index contributed by atoms with van der Waals surface area (Å²) in [4.78, 5) is 16.3. The van der Waals surface area contributed by atoms with Crippen molar-refractivity contribution < 1.29 is 4.79 Å². The normalized spacial score (nSPS) is 12.6. The third kappa shape index (κ3) is 3.54. The predicted octanol–water partition coefficient (Wildman–Crippen LogP) is 2.81. The van der Waals surface area contributed by atoms with E-state index in [1.54, 1.807) is 12.4 Å². The largest absolute Gasteiger partial charge is 0.325 e. The van der Waals surface area contributed by atoms with E-state index in [1.165, 1.54) is 0 Å². The van der Waals surface area contributed by atoms with Gasteiger partial charge in [0.15, 0.2) is 0 Å². The smallest absolute Gasteiger partial charge is 0.241 e. The van der Waals surface area contributed by atoms with Crippen LogP contribution < -0.4 is 10.6 Å². The second kappa shape index (κ2) is 6.48. The second-order valence-corrected chi connectivity index (χ2v) is 5.40. The Balaban J connectivity index is 2.12.